The van der Waals surface area contributed by atoms with Crippen molar-refractivity contribution in [3.63, 3.8) is 0 Å². The first-order valence-electron chi connectivity index (χ1n) is 13.0. The third kappa shape index (κ3) is 5.65. The number of benzene rings is 1. The SMILES string of the molecule is CCNC(=O)Nc1nc2cc(-c3cnc(N4CCC(C(=O)O)CC4)nc3CC)cc(-c3ncc(C)cn3)c2s1. The lowest BCUT2D eigenvalue weighted by atomic mass is 9.97. The molecular formula is C27H30N8O3S. The number of hydrogen-bond donors (Lipinski definition) is 3. The van der Waals surface area contributed by atoms with Crippen molar-refractivity contribution in [3.8, 4) is 22.5 Å². The quantitative estimate of drug-likeness (QED) is 0.304. The lowest BCUT2D eigenvalue weighted by Gasteiger charge is -2.30. The smallest absolute Gasteiger partial charge is 0.321 e. The number of nitrogens with zero attached hydrogens (tertiary/aromatic N) is 6. The van der Waals surface area contributed by atoms with Crippen molar-refractivity contribution in [2.75, 3.05) is 29.9 Å². The number of carboxylic acid groups (broad SMARTS) is 1. The van der Waals surface area contributed by atoms with Crippen LogP contribution in [0, 0.1) is 12.8 Å². The molecule has 0 bridgehead atoms. The average Bonchev–Trinajstić information content (AvgIpc) is 3.35. The van der Waals surface area contributed by atoms with Gasteiger partial charge in [-0.1, -0.05) is 18.3 Å². The molecule has 202 valence electrons. The second kappa shape index (κ2) is 11.3. The Balaban J connectivity index is 1.54. The maximum Gasteiger partial charge on any atom is 0.321 e. The van der Waals surface area contributed by atoms with Gasteiger partial charge in [0.2, 0.25) is 5.95 Å². The topological polar surface area (TPSA) is 146 Å². The van der Waals surface area contributed by atoms with Crippen LogP contribution in [0.25, 0.3) is 32.7 Å². The molecule has 0 radical (unpaired) electrons. The van der Waals surface area contributed by atoms with Crippen LogP contribution in [0.3, 0.4) is 0 Å². The summed E-state index contributed by atoms with van der Waals surface area (Å²) < 4.78 is 0.867. The van der Waals surface area contributed by atoms with Gasteiger partial charge in [0.05, 0.1) is 21.8 Å². The number of aromatic nitrogens is 5. The summed E-state index contributed by atoms with van der Waals surface area (Å²) in [6, 6.07) is 3.69. The first-order valence-corrected chi connectivity index (χ1v) is 13.8. The molecule has 3 aromatic heterocycles. The number of amides is 2. The molecule has 1 aliphatic heterocycles. The van der Waals surface area contributed by atoms with E-state index in [-0.39, 0.29) is 11.9 Å². The molecule has 4 heterocycles. The van der Waals surface area contributed by atoms with Gasteiger partial charge in [0.15, 0.2) is 11.0 Å². The summed E-state index contributed by atoms with van der Waals surface area (Å²) in [6.45, 7) is 7.57. The summed E-state index contributed by atoms with van der Waals surface area (Å²) in [5.74, 6) is 0.128. The van der Waals surface area contributed by atoms with E-state index >= 15 is 0 Å². The Kier molecular flexibility index (Phi) is 7.64. The molecule has 1 aromatic carbocycles. The van der Waals surface area contributed by atoms with E-state index in [1.54, 1.807) is 12.4 Å². The highest BCUT2D eigenvalue weighted by molar-refractivity contribution is 7.22. The largest absolute Gasteiger partial charge is 0.481 e. The zero-order valence-electron chi connectivity index (χ0n) is 22.1. The molecule has 4 aromatic rings. The Labute approximate surface area is 229 Å². The number of aliphatic carboxylic acids is 1. The number of hydrogen-bond acceptors (Lipinski definition) is 9. The summed E-state index contributed by atoms with van der Waals surface area (Å²) >= 11 is 1.37. The Hall–Kier alpha value is -4.19. The first kappa shape index (κ1) is 26.4. The van der Waals surface area contributed by atoms with Crippen LogP contribution in [-0.4, -0.2) is 61.7 Å². The molecule has 0 unspecified atom stereocenters. The highest BCUT2D eigenvalue weighted by Crippen LogP contribution is 2.38. The van der Waals surface area contributed by atoms with Gasteiger partial charge >= 0.3 is 12.0 Å². The number of piperidine rings is 1. The molecule has 0 spiro atoms. The lowest BCUT2D eigenvalue weighted by Crippen LogP contribution is -2.37. The van der Waals surface area contributed by atoms with Crippen molar-refractivity contribution < 1.29 is 14.7 Å². The second-order valence-corrected chi connectivity index (χ2v) is 10.4. The van der Waals surface area contributed by atoms with Crippen molar-refractivity contribution in [2.24, 2.45) is 5.92 Å². The van der Waals surface area contributed by atoms with Crippen LogP contribution in [0.4, 0.5) is 15.9 Å². The van der Waals surface area contributed by atoms with Crippen LogP contribution in [0.15, 0.2) is 30.7 Å². The predicted molar refractivity (Wildman–Crippen MR) is 151 cm³/mol. The minimum Gasteiger partial charge on any atom is -0.481 e. The summed E-state index contributed by atoms with van der Waals surface area (Å²) in [6.07, 6.45) is 7.22. The van der Waals surface area contributed by atoms with Crippen LogP contribution in [0.5, 0.6) is 0 Å². The fourth-order valence-corrected chi connectivity index (χ4v) is 5.59. The number of urea groups is 1. The minimum atomic E-state index is -0.740. The van der Waals surface area contributed by atoms with E-state index in [4.69, 9.17) is 4.98 Å². The van der Waals surface area contributed by atoms with Gasteiger partial charge in [-0.3, -0.25) is 10.1 Å². The first-order chi connectivity index (χ1) is 18.9. The Morgan fingerprint density at radius 2 is 1.79 bits per heavy atom. The zero-order valence-corrected chi connectivity index (χ0v) is 22.9. The summed E-state index contributed by atoms with van der Waals surface area (Å²) in [5.41, 5.74) is 5.12. The van der Waals surface area contributed by atoms with Gasteiger partial charge in [-0.15, -0.1) is 0 Å². The van der Waals surface area contributed by atoms with Crippen molar-refractivity contribution in [2.45, 2.75) is 40.0 Å². The average molecular weight is 547 g/mol. The van der Waals surface area contributed by atoms with E-state index in [0.717, 1.165) is 32.6 Å². The molecule has 0 atom stereocenters. The molecule has 1 saturated heterocycles. The van der Waals surface area contributed by atoms with Crippen LogP contribution < -0.4 is 15.5 Å². The molecule has 5 rings (SSSR count). The molecule has 0 aliphatic carbocycles. The molecule has 39 heavy (non-hydrogen) atoms. The molecule has 1 aliphatic rings. The molecule has 3 N–H and O–H groups in total. The molecule has 2 amide bonds. The number of carbonyl (C=O) groups excluding carboxylic acids is 1. The standard InChI is InChI=1S/C27H30N8O3S/c1-4-20-19(14-31-25(32-20)35-8-6-16(7-9-35)24(36)37)17-10-18(23-29-12-15(3)13-30-23)22-21(11-17)33-27(39-22)34-26(38)28-5-2/h10-14,16H,4-9H2,1-3H3,(H,36,37)(H2,28,33,34,38). The molecule has 0 saturated carbocycles. The van der Waals surface area contributed by atoms with Crippen molar-refractivity contribution in [3.05, 3.63) is 42.0 Å². The second-order valence-electron chi connectivity index (χ2n) is 9.44. The van der Waals surface area contributed by atoms with E-state index < -0.39 is 5.97 Å². The summed E-state index contributed by atoms with van der Waals surface area (Å²) in [7, 11) is 0. The van der Waals surface area contributed by atoms with Crippen LogP contribution in [0.1, 0.15) is 37.9 Å². The fraction of sp³-hybridized carbons (Fsp3) is 0.370. The number of aryl methyl sites for hydroxylation is 2. The number of nitrogens with one attached hydrogen (secondary N) is 2. The van der Waals surface area contributed by atoms with Crippen LogP contribution in [0.2, 0.25) is 0 Å². The van der Waals surface area contributed by atoms with Gasteiger partial charge in [-0.2, -0.15) is 0 Å². The van der Waals surface area contributed by atoms with E-state index in [0.29, 0.717) is 61.3 Å². The van der Waals surface area contributed by atoms with E-state index in [2.05, 4.69) is 35.5 Å². The van der Waals surface area contributed by atoms with Crippen molar-refractivity contribution >= 4 is 44.6 Å². The highest BCUT2D eigenvalue weighted by atomic mass is 32.1. The van der Waals surface area contributed by atoms with Crippen molar-refractivity contribution in [1.29, 1.82) is 0 Å². The number of anilines is 2. The minimum absolute atomic E-state index is 0.311. The normalized spacial score (nSPS) is 14.0. The van der Waals surface area contributed by atoms with E-state index in [9.17, 15) is 14.7 Å². The number of thiazole rings is 1. The predicted octanol–water partition coefficient (Wildman–Crippen LogP) is 4.52. The number of carbonyl (C=O) groups is 2. The lowest BCUT2D eigenvalue weighted by molar-refractivity contribution is -0.142. The van der Waals surface area contributed by atoms with Gasteiger partial charge in [0.25, 0.3) is 0 Å². The molecule has 12 heteroatoms. The van der Waals surface area contributed by atoms with Gasteiger partial charge in [0.1, 0.15) is 0 Å². The maximum absolute atomic E-state index is 12.1. The summed E-state index contributed by atoms with van der Waals surface area (Å²) in [4.78, 5) is 48.9. The summed E-state index contributed by atoms with van der Waals surface area (Å²) in [5, 5.41) is 15.3. The van der Waals surface area contributed by atoms with E-state index in [1.165, 1.54) is 11.3 Å². The van der Waals surface area contributed by atoms with Gasteiger partial charge in [0, 0.05) is 49.4 Å². The van der Waals surface area contributed by atoms with Crippen LogP contribution >= 0.6 is 11.3 Å². The highest BCUT2D eigenvalue weighted by Gasteiger charge is 2.26. The monoisotopic (exact) mass is 546 g/mol. The Morgan fingerprint density at radius 3 is 2.46 bits per heavy atom. The van der Waals surface area contributed by atoms with Gasteiger partial charge in [-0.25, -0.2) is 29.7 Å². The van der Waals surface area contributed by atoms with E-state index in [1.807, 2.05) is 39.1 Å². The molecular weight excluding hydrogens is 516 g/mol. The number of rotatable bonds is 7. The fourth-order valence-electron chi connectivity index (χ4n) is 4.64. The molecule has 1 fully saturated rings. The third-order valence-corrected chi connectivity index (χ3v) is 7.72. The third-order valence-electron chi connectivity index (χ3n) is 6.70. The Morgan fingerprint density at radius 1 is 1.05 bits per heavy atom. The van der Waals surface area contributed by atoms with Crippen LogP contribution in [-0.2, 0) is 11.2 Å². The maximum atomic E-state index is 12.1. The number of fused-ring (bicyclic) bond motifs is 1. The number of carboxylic acids is 1. The van der Waals surface area contributed by atoms with Gasteiger partial charge < -0.3 is 15.3 Å². The molecule has 11 nitrogen and oxygen atoms in total. The van der Waals surface area contributed by atoms with Gasteiger partial charge in [-0.05, 0) is 56.4 Å². The Bertz CT molecular complexity index is 1510. The zero-order chi connectivity index (χ0) is 27.5. The van der Waals surface area contributed by atoms with Crippen molar-refractivity contribution in [1.82, 2.24) is 30.2 Å².